The predicted octanol–water partition coefficient (Wildman–Crippen LogP) is 3.02. The molecule has 39 heavy (non-hydrogen) atoms. The summed E-state index contributed by atoms with van der Waals surface area (Å²) in [5.41, 5.74) is 0.587. The number of rotatable bonds is 7. The Labute approximate surface area is 219 Å². The zero-order valence-electron chi connectivity index (χ0n) is 20.7. The maximum atomic E-state index is 15.3. The third-order valence-corrected chi connectivity index (χ3v) is 7.18. The minimum Gasteiger partial charge on any atom is -0.479 e. The summed E-state index contributed by atoms with van der Waals surface area (Å²) in [4.78, 5) is 9.83. The van der Waals surface area contributed by atoms with Gasteiger partial charge in [-0.1, -0.05) is 11.3 Å². The third kappa shape index (κ3) is 4.29. The Kier molecular flexibility index (Phi) is 6.23. The number of alkyl halides is 3. The summed E-state index contributed by atoms with van der Waals surface area (Å²) >= 11 is 0. The van der Waals surface area contributed by atoms with Gasteiger partial charge in [0.1, 0.15) is 37.0 Å². The number of hydrogen-bond donors (Lipinski definition) is 1. The molecule has 0 bridgehead atoms. The van der Waals surface area contributed by atoms with Crippen LogP contribution in [0.3, 0.4) is 0 Å². The molecule has 2 aliphatic heterocycles. The van der Waals surface area contributed by atoms with Crippen LogP contribution in [0.4, 0.5) is 23.5 Å². The van der Waals surface area contributed by atoms with Gasteiger partial charge in [0.25, 0.3) is 6.43 Å². The van der Waals surface area contributed by atoms with E-state index >= 15 is 8.78 Å². The predicted molar refractivity (Wildman–Crippen MR) is 131 cm³/mol. The van der Waals surface area contributed by atoms with Crippen molar-refractivity contribution in [3.63, 3.8) is 0 Å². The first-order chi connectivity index (χ1) is 18.8. The Morgan fingerprint density at radius 3 is 2.82 bits per heavy atom. The molecule has 2 saturated heterocycles. The maximum Gasteiger partial charge on any atom is 0.334 e. The van der Waals surface area contributed by atoms with Crippen molar-refractivity contribution in [1.82, 2.24) is 34.5 Å². The van der Waals surface area contributed by atoms with Crippen LogP contribution in [0.1, 0.15) is 6.42 Å². The zero-order valence-corrected chi connectivity index (χ0v) is 20.7. The topological polar surface area (TPSA) is 99.0 Å². The Hall–Kier alpha value is -4.03. The second-order valence-electron chi connectivity index (χ2n) is 9.54. The molecule has 0 aliphatic carbocycles. The third-order valence-electron chi connectivity index (χ3n) is 7.18. The Morgan fingerprint density at radius 2 is 2.15 bits per heavy atom. The van der Waals surface area contributed by atoms with Gasteiger partial charge >= 0.3 is 5.66 Å². The fraction of sp³-hybridized carbons (Fsp3) is 0.458. The lowest BCUT2D eigenvalue weighted by Gasteiger charge is -2.43. The van der Waals surface area contributed by atoms with E-state index in [1.807, 2.05) is 4.90 Å². The lowest BCUT2D eigenvalue weighted by atomic mass is 9.97. The minimum absolute atomic E-state index is 0.0390. The quantitative estimate of drug-likeness (QED) is 0.280. The van der Waals surface area contributed by atoms with Crippen LogP contribution >= 0.6 is 0 Å². The van der Waals surface area contributed by atoms with E-state index in [4.69, 9.17) is 16.0 Å². The van der Waals surface area contributed by atoms with Gasteiger partial charge in [0.05, 0.1) is 30.4 Å². The average Bonchev–Trinajstić information content (AvgIpc) is 3.43. The molecule has 3 aromatic heterocycles. The highest BCUT2D eigenvalue weighted by molar-refractivity contribution is 5.89. The summed E-state index contributed by atoms with van der Waals surface area (Å²) in [6.45, 7) is 7.90. The molecule has 5 heterocycles. The summed E-state index contributed by atoms with van der Waals surface area (Å²) < 4.78 is 69.3. The first-order valence-corrected chi connectivity index (χ1v) is 12.2. The van der Waals surface area contributed by atoms with Crippen LogP contribution in [0.2, 0.25) is 0 Å². The number of aromatic nitrogens is 6. The maximum absolute atomic E-state index is 15.3. The van der Waals surface area contributed by atoms with E-state index in [2.05, 4.69) is 30.6 Å². The first kappa shape index (κ1) is 25.3. The highest BCUT2D eigenvalue weighted by Gasteiger charge is 2.53. The number of nitrogens with zero attached hydrogens (tertiary/aromatic N) is 8. The highest BCUT2D eigenvalue weighted by atomic mass is 19.3. The van der Waals surface area contributed by atoms with Crippen LogP contribution < -0.4 is 10.1 Å². The number of methoxy groups -OCH3 is 1. The molecule has 1 aromatic carbocycles. The van der Waals surface area contributed by atoms with E-state index in [1.165, 1.54) is 17.7 Å². The minimum atomic E-state index is -2.64. The van der Waals surface area contributed by atoms with Crippen molar-refractivity contribution in [2.24, 2.45) is 0 Å². The van der Waals surface area contributed by atoms with Gasteiger partial charge in [-0.2, -0.15) is 4.98 Å². The van der Waals surface area contributed by atoms with E-state index < -0.39 is 36.7 Å². The summed E-state index contributed by atoms with van der Waals surface area (Å²) in [6.07, 6.45) is -2.40. The van der Waals surface area contributed by atoms with Gasteiger partial charge in [-0.25, -0.2) is 38.2 Å². The van der Waals surface area contributed by atoms with Gasteiger partial charge < -0.3 is 14.8 Å². The van der Waals surface area contributed by atoms with E-state index in [-0.39, 0.29) is 42.7 Å². The molecular formula is C24H23F4N9O2. The second-order valence-corrected chi connectivity index (χ2v) is 9.54. The number of likely N-dealkylation sites (tertiary alicyclic amines) is 1. The fourth-order valence-corrected chi connectivity index (χ4v) is 5.10. The summed E-state index contributed by atoms with van der Waals surface area (Å²) in [5, 5.41) is 15.0. The van der Waals surface area contributed by atoms with Crippen LogP contribution in [-0.4, -0.2) is 92.2 Å². The fourth-order valence-electron chi connectivity index (χ4n) is 5.10. The molecule has 2 atom stereocenters. The van der Waals surface area contributed by atoms with E-state index in [0.29, 0.717) is 29.6 Å². The lowest BCUT2D eigenvalue weighted by molar-refractivity contribution is -0.127. The van der Waals surface area contributed by atoms with Crippen molar-refractivity contribution in [3.8, 4) is 17.0 Å². The molecule has 0 saturated carbocycles. The zero-order chi connectivity index (χ0) is 27.3. The molecule has 0 radical (unpaired) electrons. The van der Waals surface area contributed by atoms with Crippen LogP contribution in [-0.2, 0) is 11.3 Å². The molecule has 2 fully saturated rings. The van der Waals surface area contributed by atoms with Crippen molar-refractivity contribution in [3.05, 3.63) is 41.6 Å². The number of fused-ring (bicyclic) bond motifs is 2. The second kappa shape index (κ2) is 9.62. The molecule has 15 heteroatoms. The van der Waals surface area contributed by atoms with Gasteiger partial charge in [-0.3, -0.25) is 4.85 Å². The normalized spacial score (nSPS) is 21.3. The number of piperidine rings is 1. The van der Waals surface area contributed by atoms with Crippen molar-refractivity contribution in [2.45, 2.75) is 37.3 Å². The Bertz CT molecular complexity index is 1580. The molecule has 0 spiro atoms. The lowest BCUT2D eigenvalue weighted by Crippen LogP contribution is -2.64. The summed E-state index contributed by atoms with van der Waals surface area (Å²) in [5.74, 6) is -0.559. The number of hydrogen-bond acceptors (Lipinski definition) is 8. The number of nitrogens with one attached hydrogen (secondary N) is 1. The van der Waals surface area contributed by atoms with Gasteiger partial charge in [0.15, 0.2) is 5.82 Å². The van der Waals surface area contributed by atoms with Gasteiger partial charge in [-0.05, 0) is 24.1 Å². The number of anilines is 1. The summed E-state index contributed by atoms with van der Waals surface area (Å²) in [6, 6.07) is 4.05. The molecule has 2 aliphatic rings. The molecule has 1 N–H and O–H groups in total. The molecule has 0 unspecified atom stereocenters. The molecule has 4 aromatic rings. The van der Waals surface area contributed by atoms with E-state index in [9.17, 15) is 8.78 Å². The van der Waals surface area contributed by atoms with E-state index in [0.717, 1.165) is 10.9 Å². The summed E-state index contributed by atoms with van der Waals surface area (Å²) in [7, 11) is 1.37. The largest absolute Gasteiger partial charge is 0.479 e. The van der Waals surface area contributed by atoms with E-state index in [1.54, 1.807) is 12.1 Å². The highest BCUT2D eigenvalue weighted by Crippen LogP contribution is 2.36. The van der Waals surface area contributed by atoms with Gasteiger partial charge in [0.2, 0.25) is 11.8 Å². The number of benzene rings is 1. The van der Waals surface area contributed by atoms with Crippen molar-refractivity contribution in [1.29, 1.82) is 0 Å². The monoisotopic (exact) mass is 545 g/mol. The van der Waals surface area contributed by atoms with Crippen LogP contribution in [0, 0.1) is 12.4 Å². The number of ether oxygens (including phenoxy) is 2. The van der Waals surface area contributed by atoms with Crippen molar-refractivity contribution in [2.75, 3.05) is 38.7 Å². The van der Waals surface area contributed by atoms with Crippen LogP contribution in [0.5, 0.6) is 5.88 Å². The van der Waals surface area contributed by atoms with Crippen LogP contribution in [0.15, 0.2) is 24.4 Å². The Morgan fingerprint density at radius 1 is 1.33 bits per heavy atom. The first-order valence-electron chi connectivity index (χ1n) is 12.2. The molecule has 0 amide bonds. The van der Waals surface area contributed by atoms with Gasteiger partial charge in [-0.15, -0.1) is 10.2 Å². The van der Waals surface area contributed by atoms with Crippen LogP contribution in [0.25, 0.3) is 32.5 Å². The van der Waals surface area contributed by atoms with Crippen molar-refractivity contribution < 1.29 is 27.0 Å². The smallest absolute Gasteiger partial charge is 0.334 e. The van der Waals surface area contributed by atoms with Gasteiger partial charge in [0, 0.05) is 13.1 Å². The standard InChI is InChI=1S/C24H23F4N9O2/c1-29-24(11-39-12-24)35-6-5-16(14(25)8-35)30-23-31-22(38-2)21-20(15(26)9-37(21)33-23)13-3-4-17-18(7-13)36(34-32-17)10-19(27)28/h3-4,7,9,14,16,19H,5-6,8,10-12H2,2H3,(H,30,33)/t14-,16+/m1/s1. The Balaban J connectivity index is 1.30. The number of halogens is 4. The molecule has 204 valence electrons. The molecule has 6 rings (SSSR count). The van der Waals surface area contributed by atoms with Crippen molar-refractivity contribution >= 4 is 22.5 Å². The molecular weight excluding hydrogens is 522 g/mol. The molecule has 11 nitrogen and oxygen atoms in total. The SMILES string of the molecule is [C-]#[N+]C1(N2CC[C@H](Nc3nc(OC)c4c(-c5ccc6nnn(CC(F)F)c6c5)c(F)cn4n3)[C@H](F)C2)COC1. The average molecular weight is 546 g/mol.